The van der Waals surface area contributed by atoms with E-state index in [0.29, 0.717) is 17.9 Å². The molecule has 1 heterocycles. The van der Waals surface area contributed by atoms with Crippen molar-refractivity contribution in [3.8, 4) is 11.5 Å². The van der Waals surface area contributed by atoms with Gasteiger partial charge in [-0.15, -0.1) is 0 Å². The Kier molecular flexibility index (Phi) is 3.85. The van der Waals surface area contributed by atoms with Crippen LogP contribution in [0.25, 0.3) is 0 Å². The summed E-state index contributed by atoms with van der Waals surface area (Å²) >= 11 is 0. The van der Waals surface area contributed by atoms with Crippen LogP contribution < -0.4 is 15.2 Å². The van der Waals surface area contributed by atoms with Crippen LogP contribution in [0.4, 0.5) is 5.69 Å². The van der Waals surface area contributed by atoms with Crippen molar-refractivity contribution in [2.45, 2.75) is 13.3 Å². The number of methoxy groups -OCH3 is 2. The van der Waals surface area contributed by atoms with Crippen LogP contribution in [-0.2, 0) is 6.42 Å². The third-order valence-electron chi connectivity index (χ3n) is 2.87. The van der Waals surface area contributed by atoms with Crippen molar-refractivity contribution in [2.75, 3.05) is 20.0 Å². The predicted molar refractivity (Wildman–Crippen MR) is 73.5 cm³/mol. The summed E-state index contributed by atoms with van der Waals surface area (Å²) in [4.78, 5) is 8.39. The number of nitrogen functional groups attached to an aromatic ring is 1. The van der Waals surface area contributed by atoms with E-state index >= 15 is 0 Å². The Morgan fingerprint density at radius 1 is 1.05 bits per heavy atom. The van der Waals surface area contributed by atoms with Gasteiger partial charge in [0.1, 0.15) is 17.3 Å². The van der Waals surface area contributed by atoms with Crippen molar-refractivity contribution < 1.29 is 9.47 Å². The lowest BCUT2D eigenvalue weighted by molar-refractivity contribution is 0.397. The first-order valence-corrected chi connectivity index (χ1v) is 5.92. The molecule has 0 aliphatic rings. The molecule has 2 aromatic rings. The van der Waals surface area contributed by atoms with E-state index < -0.39 is 0 Å². The maximum Gasteiger partial charge on any atom is 0.132 e. The van der Waals surface area contributed by atoms with E-state index in [-0.39, 0.29) is 0 Å². The van der Waals surface area contributed by atoms with Crippen LogP contribution in [-0.4, -0.2) is 24.2 Å². The Balaban J connectivity index is 2.35. The first kappa shape index (κ1) is 13.1. The highest BCUT2D eigenvalue weighted by Crippen LogP contribution is 2.29. The van der Waals surface area contributed by atoms with E-state index in [1.165, 1.54) is 0 Å². The molecule has 5 nitrogen and oxygen atoms in total. The Morgan fingerprint density at radius 2 is 1.68 bits per heavy atom. The number of aryl methyl sites for hydroxylation is 1. The van der Waals surface area contributed by atoms with Crippen molar-refractivity contribution in [1.82, 2.24) is 9.97 Å². The first-order valence-electron chi connectivity index (χ1n) is 5.92. The maximum absolute atomic E-state index is 5.57. The highest BCUT2D eigenvalue weighted by atomic mass is 16.5. The highest BCUT2D eigenvalue weighted by molar-refractivity contribution is 5.47. The highest BCUT2D eigenvalue weighted by Gasteiger charge is 2.10. The van der Waals surface area contributed by atoms with Crippen molar-refractivity contribution in [3.05, 3.63) is 41.5 Å². The zero-order valence-corrected chi connectivity index (χ0v) is 11.3. The Morgan fingerprint density at radius 3 is 2.26 bits per heavy atom. The van der Waals surface area contributed by atoms with Gasteiger partial charge >= 0.3 is 0 Å². The lowest BCUT2D eigenvalue weighted by atomic mass is 10.1. The number of hydrogen-bond donors (Lipinski definition) is 1. The summed E-state index contributed by atoms with van der Waals surface area (Å²) in [5.41, 5.74) is 8.14. The van der Waals surface area contributed by atoms with Gasteiger partial charge in [-0.2, -0.15) is 0 Å². The zero-order valence-electron chi connectivity index (χ0n) is 11.3. The van der Waals surface area contributed by atoms with E-state index in [1.807, 2.05) is 19.1 Å². The molecule has 0 unspecified atom stereocenters. The first-order chi connectivity index (χ1) is 9.13. The number of nitrogens with two attached hydrogens (primary N) is 1. The summed E-state index contributed by atoms with van der Waals surface area (Å²) in [5, 5.41) is 0. The molecule has 0 aliphatic heterocycles. The molecular weight excluding hydrogens is 242 g/mol. The second-order valence-electron chi connectivity index (χ2n) is 4.24. The SMILES string of the molecule is COc1cc(Cc2ncc(N)cn2)c(OC)cc1C. The minimum Gasteiger partial charge on any atom is -0.496 e. The van der Waals surface area contributed by atoms with Crippen LogP contribution in [0.1, 0.15) is 17.0 Å². The molecule has 0 radical (unpaired) electrons. The largest absolute Gasteiger partial charge is 0.496 e. The molecule has 0 spiro atoms. The molecule has 0 aliphatic carbocycles. The molecule has 100 valence electrons. The van der Waals surface area contributed by atoms with Crippen molar-refractivity contribution in [1.29, 1.82) is 0 Å². The fourth-order valence-electron chi connectivity index (χ4n) is 1.88. The summed E-state index contributed by atoms with van der Waals surface area (Å²) < 4.78 is 10.7. The number of hydrogen-bond acceptors (Lipinski definition) is 5. The van der Waals surface area contributed by atoms with Gasteiger partial charge in [0.2, 0.25) is 0 Å². The molecular formula is C14H17N3O2. The fraction of sp³-hybridized carbons (Fsp3) is 0.286. The Bertz CT molecular complexity index is 568. The van der Waals surface area contributed by atoms with Crippen molar-refractivity contribution in [3.63, 3.8) is 0 Å². The van der Waals surface area contributed by atoms with Crippen LogP contribution in [0.5, 0.6) is 11.5 Å². The summed E-state index contributed by atoms with van der Waals surface area (Å²) in [6, 6.07) is 3.90. The standard InChI is InChI=1S/C14H17N3O2/c1-9-4-13(19-3)10(5-12(9)18-2)6-14-16-7-11(15)8-17-14/h4-5,7-8H,6,15H2,1-3H3. The second-order valence-corrected chi connectivity index (χ2v) is 4.24. The van der Waals surface area contributed by atoms with E-state index in [1.54, 1.807) is 26.6 Å². The molecule has 0 amide bonds. The van der Waals surface area contributed by atoms with Crippen LogP contribution in [0.15, 0.2) is 24.5 Å². The second kappa shape index (κ2) is 5.56. The number of rotatable bonds is 4. The van der Waals surface area contributed by atoms with Crippen LogP contribution in [0.3, 0.4) is 0 Å². The van der Waals surface area contributed by atoms with E-state index in [2.05, 4.69) is 9.97 Å². The summed E-state index contributed by atoms with van der Waals surface area (Å²) in [6.07, 6.45) is 3.76. The molecule has 2 rings (SSSR count). The number of aromatic nitrogens is 2. The molecule has 19 heavy (non-hydrogen) atoms. The monoisotopic (exact) mass is 259 g/mol. The minimum absolute atomic E-state index is 0.553. The van der Waals surface area contributed by atoms with Crippen molar-refractivity contribution in [2.24, 2.45) is 0 Å². The van der Waals surface area contributed by atoms with Gasteiger partial charge in [0.05, 0.1) is 32.3 Å². The van der Waals surface area contributed by atoms with Crippen LogP contribution in [0.2, 0.25) is 0 Å². The Labute approximate surface area is 112 Å². The van der Waals surface area contributed by atoms with Gasteiger partial charge < -0.3 is 15.2 Å². The summed E-state index contributed by atoms with van der Waals surface area (Å²) in [6.45, 7) is 1.98. The van der Waals surface area contributed by atoms with Crippen molar-refractivity contribution >= 4 is 5.69 Å². The van der Waals surface area contributed by atoms with Gasteiger partial charge in [-0.05, 0) is 24.6 Å². The van der Waals surface area contributed by atoms with Gasteiger partial charge in [-0.25, -0.2) is 9.97 Å². The molecule has 1 aromatic carbocycles. The van der Waals surface area contributed by atoms with Gasteiger partial charge in [0.25, 0.3) is 0 Å². The van der Waals surface area contributed by atoms with E-state index in [4.69, 9.17) is 15.2 Å². The number of ether oxygens (including phenoxy) is 2. The molecule has 0 saturated carbocycles. The van der Waals surface area contributed by atoms with Crippen LogP contribution >= 0.6 is 0 Å². The molecule has 0 saturated heterocycles. The molecule has 0 atom stereocenters. The number of nitrogens with zero attached hydrogens (tertiary/aromatic N) is 2. The zero-order chi connectivity index (χ0) is 13.8. The molecule has 2 N–H and O–H groups in total. The van der Waals surface area contributed by atoms with Crippen LogP contribution in [0, 0.1) is 6.92 Å². The maximum atomic E-state index is 5.57. The smallest absolute Gasteiger partial charge is 0.132 e. The third kappa shape index (κ3) is 2.93. The normalized spacial score (nSPS) is 10.3. The Hall–Kier alpha value is -2.30. The van der Waals surface area contributed by atoms with Gasteiger partial charge in [0, 0.05) is 12.0 Å². The average molecular weight is 259 g/mol. The van der Waals surface area contributed by atoms with Gasteiger partial charge in [0.15, 0.2) is 0 Å². The summed E-state index contributed by atoms with van der Waals surface area (Å²) in [7, 11) is 3.30. The molecule has 0 bridgehead atoms. The lowest BCUT2D eigenvalue weighted by Gasteiger charge is -2.12. The quantitative estimate of drug-likeness (QED) is 0.909. The van der Waals surface area contributed by atoms with E-state index in [0.717, 1.165) is 22.6 Å². The molecule has 0 fully saturated rings. The number of benzene rings is 1. The predicted octanol–water partition coefficient (Wildman–Crippen LogP) is 1.98. The minimum atomic E-state index is 0.553. The average Bonchev–Trinajstić information content (AvgIpc) is 2.42. The molecule has 1 aromatic heterocycles. The van der Waals surface area contributed by atoms with Gasteiger partial charge in [-0.3, -0.25) is 0 Å². The summed E-state index contributed by atoms with van der Waals surface area (Å²) in [5.74, 6) is 2.32. The van der Waals surface area contributed by atoms with Gasteiger partial charge in [-0.1, -0.05) is 0 Å². The topological polar surface area (TPSA) is 70.3 Å². The fourth-order valence-corrected chi connectivity index (χ4v) is 1.88. The molecule has 5 heteroatoms. The lowest BCUT2D eigenvalue weighted by Crippen LogP contribution is -2.01. The number of anilines is 1. The van der Waals surface area contributed by atoms with E-state index in [9.17, 15) is 0 Å². The third-order valence-corrected chi connectivity index (χ3v) is 2.87.